The van der Waals surface area contributed by atoms with E-state index in [0.29, 0.717) is 38.1 Å². The van der Waals surface area contributed by atoms with Crippen LogP contribution in [0.4, 0.5) is 24.5 Å². The van der Waals surface area contributed by atoms with Gasteiger partial charge in [0.2, 0.25) is 0 Å². The minimum Gasteiger partial charge on any atom is -0.398 e. The lowest BCUT2D eigenvalue weighted by Gasteiger charge is -2.17. The van der Waals surface area contributed by atoms with Gasteiger partial charge in [0.05, 0.1) is 22.4 Å². The van der Waals surface area contributed by atoms with Crippen molar-refractivity contribution in [1.82, 2.24) is 9.78 Å². The Morgan fingerprint density at radius 2 is 2.10 bits per heavy atom. The number of nitrogens with zero attached hydrogens (tertiary/aromatic N) is 2. The standard InChI is InChI=1S/C20H17BrF3N5/c21-15-4-2-12-13(18(15)22)3-6-17(12)28-11-1-5-16(25)14(7-11)19(26)10-8-27-29(9-10)20(23)24/h1-2,4-5,7-9,17,20,26,28H,3,6,25H2. The van der Waals surface area contributed by atoms with Gasteiger partial charge < -0.3 is 11.1 Å². The van der Waals surface area contributed by atoms with Crippen molar-refractivity contribution in [1.29, 1.82) is 5.41 Å². The van der Waals surface area contributed by atoms with E-state index in [0.717, 1.165) is 18.2 Å². The van der Waals surface area contributed by atoms with Gasteiger partial charge in [-0.1, -0.05) is 6.07 Å². The fraction of sp³-hybridized carbons (Fsp3) is 0.200. The number of fused-ring (bicyclic) bond motifs is 1. The normalized spacial score (nSPS) is 15.6. The third-order valence-electron chi connectivity index (χ3n) is 5.04. The quantitative estimate of drug-likeness (QED) is 0.355. The highest BCUT2D eigenvalue weighted by atomic mass is 79.9. The highest BCUT2D eigenvalue weighted by Crippen LogP contribution is 2.38. The van der Waals surface area contributed by atoms with Crippen molar-refractivity contribution in [3.63, 3.8) is 0 Å². The van der Waals surface area contributed by atoms with E-state index in [1.807, 2.05) is 6.07 Å². The molecule has 0 amide bonds. The molecule has 1 aliphatic carbocycles. The van der Waals surface area contributed by atoms with Gasteiger partial charge in [0, 0.05) is 28.7 Å². The number of benzene rings is 2. The lowest BCUT2D eigenvalue weighted by Crippen LogP contribution is -2.10. The highest BCUT2D eigenvalue weighted by Gasteiger charge is 2.26. The highest BCUT2D eigenvalue weighted by molar-refractivity contribution is 9.10. The molecule has 1 unspecified atom stereocenters. The zero-order chi connectivity index (χ0) is 20.7. The van der Waals surface area contributed by atoms with Gasteiger partial charge in [-0.25, -0.2) is 9.07 Å². The van der Waals surface area contributed by atoms with Crippen LogP contribution >= 0.6 is 15.9 Å². The third-order valence-corrected chi connectivity index (χ3v) is 5.66. The Bertz CT molecular complexity index is 1100. The van der Waals surface area contributed by atoms with Crippen LogP contribution in [0.15, 0.2) is 47.2 Å². The van der Waals surface area contributed by atoms with E-state index >= 15 is 0 Å². The molecule has 150 valence electrons. The van der Waals surface area contributed by atoms with Crippen LogP contribution in [0.5, 0.6) is 0 Å². The van der Waals surface area contributed by atoms with Crippen LogP contribution in [0.2, 0.25) is 0 Å². The molecule has 0 radical (unpaired) electrons. The maximum atomic E-state index is 14.3. The van der Waals surface area contributed by atoms with Crippen molar-refractivity contribution in [2.24, 2.45) is 0 Å². The lowest BCUT2D eigenvalue weighted by molar-refractivity contribution is 0.0566. The van der Waals surface area contributed by atoms with Crippen LogP contribution in [0.3, 0.4) is 0 Å². The second kappa shape index (κ2) is 7.55. The van der Waals surface area contributed by atoms with Crippen molar-refractivity contribution >= 4 is 33.0 Å². The summed E-state index contributed by atoms with van der Waals surface area (Å²) < 4.78 is 40.8. The molecule has 2 aromatic carbocycles. The average Bonchev–Trinajstić information content (AvgIpc) is 3.34. The minimum absolute atomic E-state index is 0.000142. The predicted octanol–water partition coefficient (Wildman–Crippen LogP) is 5.28. The van der Waals surface area contributed by atoms with Crippen molar-refractivity contribution in [3.8, 4) is 0 Å². The number of nitrogens with one attached hydrogen (secondary N) is 2. The van der Waals surface area contributed by atoms with Crippen LogP contribution in [-0.2, 0) is 6.42 Å². The number of anilines is 2. The monoisotopic (exact) mass is 463 g/mol. The first-order valence-corrected chi connectivity index (χ1v) is 9.69. The first kappa shape index (κ1) is 19.5. The Balaban J connectivity index is 1.60. The van der Waals surface area contributed by atoms with Crippen LogP contribution in [0.1, 0.15) is 41.3 Å². The summed E-state index contributed by atoms with van der Waals surface area (Å²) in [5.41, 5.74) is 9.32. The molecular formula is C20H17BrF3N5. The number of nitrogens with two attached hydrogens (primary N) is 1. The van der Waals surface area contributed by atoms with Gasteiger partial charge in [-0.2, -0.15) is 13.9 Å². The smallest absolute Gasteiger partial charge is 0.333 e. The molecule has 0 saturated heterocycles. The Morgan fingerprint density at radius 3 is 2.83 bits per heavy atom. The molecule has 29 heavy (non-hydrogen) atoms. The van der Waals surface area contributed by atoms with Crippen LogP contribution in [0.25, 0.3) is 0 Å². The predicted molar refractivity (Wildman–Crippen MR) is 109 cm³/mol. The summed E-state index contributed by atoms with van der Waals surface area (Å²) in [4.78, 5) is 0. The summed E-state index contributed by atoms with van der Waals surface area (Å²) >= 11 is 3.22. The van der Waals surface area contributed by atoms with Crippen molar-refractivity contribution in [3.05, 3.63) is 75.3 Å². The molecule has 1 aliphatic rings. The molecule has 4 N–H and O–H groups in total. The van der Waals surface area contributed by atoms with E-state index in [1.54, 1.807) is 24.3 Å². The van der Waals surface area contributed by atoms with Gasteiger partial charge in [0.1, 0.15) is 5.82 Å². The van der Waals surface area contributed by atoms with E-state index in [2.05, 4.69) is 26.3 Å². The summed E-state index contributed by atoms with van der Waals surface area (Å²) in [6.07, 6.45) is 3.69. The third kappa shape index (κ3) is 3.62. The lowest BCUT2D eigenvalue weighted by atomic mass is 10.0. The molecule has 9 heteroatoms. The van der Waals surface area contributed by atoms with Gasteiger partial charge in [-0.15, -0.1) is 0 Å². The number of rotatable bonds is 5. The number of aromatic nitrogens is 2. The minimum atomic E-state index is -2.77. The average molecular weight is 464 g/mol. The molecule has 1 atom stereocenters. The Kier molecular flexibility index (Phi) is 5.08. The molecule has 5 nitrogen and oxygen atoms in total. The second-order valence-electron chi connectivity index (χ2n) is 6.83. The Morgan fingerprint density at radius 1 is 1.31 bits per heavy atom. The van der Waals surface area contributed by atoms with E-state index in [1.165, 1.54) is 6.20 Å². The number of hydrogen-bond acceptors (Lipinski definition) is 4. The molecule has 1 heterocycles. The summed E-state index contributed by atoms with van der Waals surface area (Å²) in [7, 11) is 0. The topological polar surface area (TPSA) is 79.7 Å². The maximum absolute atomic E-state index is 14.3. The number of hydrogen-bond donors (Lipinski definition) is 3. The van der Waals surface area contributed by atoms with Crippen LogP contribution < -0.4 is 11.1 Å². The molecule has 3 aromatic rings. The zero-order valence-corrected chi connectivity index (χ0v) is 16.7. The van der Waals surface area contributed by atoms with E-state index in [-0.39, 0.29) is 23.1 Å². The number of alkyl halides is 2. The Labute approximate surface area is 173 Å². The number of halogens is 4. The fourth-order valence-electron chi connectivity index (χ4n) is 3.58. The van der Waals surface area contributed by atoms with E-state index in [9.17, 15) is 13.2 Å². The molecule has 0 bridgehead atoms. The van der Waals surface area contributed by atoms with Crippen LogP contribution in [-0.4, -0.2) is 15.5 Å². The SMILES string of the molecule is N=C(c1cnn(C(F)F)c1)c1cc(NC2CCc3c2ccc(Br)c3F)ccc1N. The molecule has 0 saturated carbocycles. The van der Waals surface area contributed by atoms with Gasteiger partial charge in [-0.05, 0) is 64.2 Å². The first-order valence-electron chi connectivity index (χ1n) is 8.89. The fourth-order valence-corrected chi connectivity index (χ4v) is 3.95. The largest absolute Gasteiger partial charge is 0.398 e. The van der Waals surface area contributed by atoms with E-state index in [4.69, 9.17) is 11.1 Å². The summed E-state index contributed by atoms with van der Waals surface area (Å²) in [6.45, 7) is -2.77. The summed E-state index contributed by atoms with van der Waals surface area (Å²) in [6, 6.07) is 8.65. The molecule has 0 fully saturated rings. The molecule has 4 rings (SSSR count). The van der Waals surface area contributed by atoms with Gasteiger partial charge in [0.25, 0.3) is 0 Å². The Hall–Kier alpha value is -2.81. The molecule has 1 aromatic heterocycles. The molecule has 0 spiro atoms. The zero-order valence-electron chi connectivity index (χ0n) is 15.1. The van der Waals surface area contributed by atoms with Gasteiger partial charge in [-0.3, -0.25) is 5.41 Å². The maximum Gasteiger partial charge on any atom is 0.333 e. The molecule has 0 aliphatic heterocycles. The summed E-state index contributed by atoms with van der Waals surface area (Å²) in [5, 5.41) is 15.3. The van der Waals surface area contributed by atoms with Crippen LogP contribution in [0, 0.1) is 11.2 Å². The number of nitrogen functional groups attached to an aromatic ring is 1. The van der Waals surface area contributed by atoms with Crippen molar-refractivity contribution < 1.29 is 13.2 Å². The van der Waals surface area contributed by atoms with E-state index < -0.39 is 6.55 Å². The second-order valence-corrected chi connectivity index (χ2v) is 7.68. The van der Waals surface area contributed by atoms with Gasteiger partial charge in [0.15, 0.2) is 0 Å². The van der Waals surface area contributed by atoms with Crippen molar-refractivity contribution in [2.75, 3.05) is 11.1 Å². The van der Waals surface area contributed by atoms with Crippen molar-refractivity contribution in [2.45, 2.75) is 25.4 Å². The van der Waals surface area contributed by atoms with Gasteiger partial charge >= 0.3 is 6.55 Å². The first-order chi connectivity index (χ1) is 13.8. The summed E-state index contributed by atoms with van der Waals surface area (Å²) in [5.74, 6) is -0.234. The molecular weight excluding hydrogens is 447 g/mol.